The molecule has 3 heteroatoms. The topological polar surface area (TPSA) is 35.2 Å². The lowest BCUT2D eigenvalue weighted by molar-refractivity contribution is 0.186. The molecule has 0 aliphatic rings. The van der Waals surface area contributed by atoms with E-state index in [4.69, 9.17) is 22.1 Å². The molecule has 0 unspecified atom stereocenters. The second kappa shape index (κ2) is 4.86. The summed E-state index contributed by atoms with van der Waals surface area (Å²) >= 11 is 5.86. The maximum Gasteiger partial charge on any atom is 0.122 e. The molecule has 0 bridgehead atoms. The van der Waals surface area contributed by atoms with Crippen molar-refractivity contribution in [2.75, 3.05) is 13.2 Å². The Balaban J connectivity index is 2.66. The molecule has 15 heavy (non-hydrogen) atoms. The highest BCUT2D eigenvalue weighted by Gasteiger charge is 2.16. The van der Waals surface area contributed by atoms with Crippen molar-refractivity contribution in [1.82, 2.24) is 0 Å². The summed E-state index contributed by atoms with van der Waals surface area (Å²) in [4.78, 5) is 0. The molecule has 0 heterocycles. The molecule has 0 aromatic heterocycles. The zero-order chi connectivity index (χ0) is 11.5. The molecule has 0 aliphatic carbocycles. The molecule has 1 rings (SSSR count). The Labute approximate surface area is 96.4 Å². The van der Waals surface area contributed by atoms with Crippen LogP contribution in [0, 0.1) is 12.3 Å². The largest absolute Gasteiger partial charge is 0.493 e. The van der Waals surface area contributed by atoms with E-state index in [9.17, 15) is 0 Å². The zero-order valence-electron chi connectivity index (χ0n) is 9.51. The number of aryl methyl sites for hydroxylation is 1. The fourth-order valence-corrected chi connectivity index (χ4v) is 1.33. The van der Waals surface area contributed by atoms with Gasteiger partial charge in [0.25, 0.3) is 0 Å². The predicted molar refractivity (Wildman–Crippen MR) is 64.5 cm³/mol. The Morgan fingerprint density at radius 3 is 2.60 bits per heavy atom. The average Bonchev–Trinajstić information content (AvgIpc) is 2.16. The molecule has 2 nitrogen and oxygen atoms in total. The molecule has 0 fully saturated rings. The Hall–Kier alpha value is -0.730. The first-order chi connectivity index (χ1) is 6.94. The Kier molecular flexibility index (Phi) is 4.00. The van der Waals surface area contributed by atoms with Crippen LogP contribution in [0.25, 0.3) is 0 Å². The first-order valence-electron chi connectivity index (χ1n) is 5.04. The van der Waals surface area contributed by atoms with Gasteiger partial charge in [-0.05, 0) is 30.7 Å². The van der Waals surface area contributed by atoms with Crippen molar-refractivity contribution < 1.29 is 4.74 Å². The molecule has 1 aromatic rings. The Morgan fingerprint density at radius 1 is 1.40 bits per heavy atom. The highest BCUT2D eigenvalue weighted by molar-refractivity contribution is 6.30. The van der Waals surface area contributed by atoms with E-state index < -0.39 is 0 Å². The van der Waals surface area contributed by atoms with Crippen LogP contribution in [0.1, 0.15) is 19.4 Å². The number of nitrogens with two attached hydrogens (primary N) is 1. The zero-order valence-corrected chi connectivity index (χ0v) is 10.3. The van der Waals surface area contributed by atoms with Gasteiger partial charge in [0.1, 0.15) is 5.75 Å². The fraction of sp³-hybridized carbons (Fsp3) is 0.500. The summed E-state index contributed by atoms with van der Waals surface area (Å²) in [7, 11) is 0. The molecule has 0 saturated heterocycles. The van der Waals surface area contributed by atoms with Crippen LogP contribution in [0.2, 0.25) is 5.02 Å². The predicted octanol–water partition coefficient (Wildman–Crippen LogP) is 3.01. The third-order valence-electron chi connectivity index (χ3n) is 2.31. The standard InChI is InChI=1S/C12H18ClNO/c1-9-6-10(13)4-5-11(9)15-8-12(2,3)7-14/h4-6H,7-8,14H2,1-3H3. The van der Waals surface area contributed by atoms with Gasteiger partial charge in [-0.1, -0.05) is 25.4 Å². The first-order valence-corrected chi connectivity index (χ1v) is 5.41. The van der Waals surface area contributed by atoms with E-state index in [1.165, 1.54) is 0 Å². The van der Waals surface area contributed by atoms with Crippen molar-refractivity contribution in [2.24, 2.45) is 11.1 Å². The lowest BCUT2D eigenvalue weighted by atomic mass is 9.95. The molecule has 1 aromatic carbocycles. The van der Waals surface area contributed by atoms with Crippen LogP contribution in [0.4, 0.5) is 0 Å². The summed E-state index contributed by atoms with van der Waals surface area (Å²) in [6.45, 7) is 7.37. The van der Waals surface area contributed by atoms with Gasteiger partial charge in [0.05, 0.1) is 6.61 Å². The number of benzene rings is 1. The van der Waals surface area contributed by atoms with Gasteiger partial charge in [0.15, 0.2) is 0 Å². The highest BCUT2D eigenvalue weighted by atomic mass is 35.5. The monoisotopic (exact) mass is 227 g/mol. The summed E-state index contributed by atoms with van der Waals surface area (Å²) < 4.78 is 5.71. The third kappa shape index (κ3) is 3.73. The van der Waals surface area contributed by atoms with Crippen LogP contribution in [0.5, 0.6) is 5.75 Å². The van der Waals surface area contributed by atoms with Crippen LogP contribution < -0.4 is 10.5 Å². The van der Waals surface area contributed by atoms with Crippen LogP contribution in [-0.2, 0) is 0 Å². The van der Waals surface area contributed by atoms with Crippen LogP contribution in [0.15, 0.2) is 18.2 Å². The summed E-state index contributed by atoms with van der Waals surface area (Å²) in [6, 6.07) is 5.62. The van der Waals surface area contributed by atoms with Crippen molar-refractivity contribution in [1.29, 1.82) is 0 Å². The van der Waals surface area contributed by atoms with Gasteiger partial charge in [-0.15, -0.1) is 0 Å². The van der Waals surface area contributed by atoms with Crippen LogP contribution in [0.3, 0.4) is 0 Å². The summed E-state index contributed by atoms with van der Waals surface area (Å²) in [6.07, 6.45) is 0. The van der Waals surface area contributed by atoms with Crippen LogP contribution >= 0.6 is 11.6 Å². The van der Waals surface area contributed by atoms with E-state index >= 15 is 0 Å². The number of hydrogen-bond donors (Lipinski definition) is 1. The summed E-state index contributed by atoms with van der Waals surface area (Å²) in [5.74, 6) is 0.876. The quantitative estimate of drug-likeness (QED) is 0.858. The van der Waals surface area contributed by atoms with Gasteiger partial charge < -0.3 is 10.5 Å². The van der Waals surface area contributed by atoms with Crippen molar-refractivity contribution in [2.45, 2.75) is 20.8 Å². The number of halogens is 1. The summed E-state index contributed by atoms with van der Waals surface area (Å²) in [5, 5.41) is 0.734. The normalized spacial score (nSPS) is 11.5. The van der Waals surface area contributed by atoms with Gasteiger partial charge in [-0.3, -0.25) is 0 Å². The highest BCUT2D eigenvalue weighted by Crippen LogP contribution is 2.24. The van der Waals surface area contributed by atoms with Gasteiger partial charge >= 0.3 is 0 Å². The van der Waals surface area contributed by atoms with Gasteiger partial charge in [-0.2, -0.15) is 0 Å². The molecule has 0 spiro atoms. The minimum atomic E-state index is 0.00603. The number of hydrogen-bond acceptors (Lipinski definition) is 2. The average molecular weight is 228 g/mol. The minimum absolute atomic E-state index is 0.00603. The maximum absolute atomic E-state index is 5.86. The molecule has 84 valence electrons. The summed E-state index contributed by atoms with van der Waals surface area (Å²) in [5.41, 5.74) is 6.69. The van der Waals surface area contributed by atoms with Gasteiger partial charge in [-0.25, -0.2) is 0 Å². The lowest BCUT2D eigenvalue weighted by Gasteiger charge is -2.23. The molecule has 0 atom stereocenters. The van der Waals surface area contributed by atoms with Crippen molar-refractivity contribution in [3.05, 3.63) is 28.8 Å². The lowest BCUT2D eigenvalue weighted by Crippen LogP contribution is -2.30. The smallest absolute Gasteiger partial charge is 0.122 e. The molecule has 0 radical (unpaired) electrons. The van der Waals surface area contributed by atoms with Crippen molar-refractivity contribution in [3.63, 3.8) is 0 Å². The van der Waals surface area contributed by atoms with E-state index in [2.05, 4.69) is 13.8 Å². The first kappa shape index (κ1) is 12.3. The third-order valence-corrected chi connectivity index (χ3v) is 2.54. The molecule has 0 aliphatic heterocycles. The SMILES string of the molecule is Cc1cc(Cl)ccc1OCC(C)(C)CN. The molecule has 0 saturated carbocycles. The minimum Gasteiger partial charge on any atom is -0.493 e. The second-order valence-corrected chi connectivity index (χ2v) is 5.00. The van der Waals surface area contributed by atoms with Gasteiger partial charge in [0, 0.05) is 17.0 Å². The number of rotatable bonds is 4. The van der Waals surface area contributed by atoms with Crippen molar-refractivity contribution >= 4 is 11.6 Å². The second-order valence-electron chi connectivity index (χ2n) is 4.57. The maximum atomic E-state index is 5.86. The fourth-order valence-electron chi connectivity index (χ4n) is 1.11. The van der Waals surface area contributed by atoms with Crippen LogP contribution in [-0.4, -0.2) is 13.2 Å². The van der Waals surface area contributed by atoms with E-state index in [0.717, 1.165) is 16.3 Å². The van der Waals surface area contributed by atoms with Gasteiger partial charge in [0.2, 0.25) is 0 Å². The molecule has 2 N–H and O–H groups in total. The van der Waals surface area contributed by atoms with E-state index in [0.29, 0.717) is 13.2 Å². The Morgan fingerprint density at radius 2 is 2.07 bits per heavy atom. The molecular formula is C12H18ClNO. The van der Waals surface area contributed by atoms with E-state index in [-0.39, 0.29) is 5.41 Å². The van der Waals surface area contributed by atoms with E-state index in [1.807, 2.05) is 25.1 Å². The Bertz CT molecular complexity index is 336. The van der Waals surface area contributed by atoms with Crippen molar-refractivity contribution in [3.8, 4) is 5.75 Å². The number of ether oxygens (including phenoxy) is 1. The van der Waals surface area contributed by atoms with E-state index in [1.54, 1.807) is 0 Å². The molecule has 0 amide bonds. The molecular weight excluding hydrogens is 210 g/mol.